The number of nitrogens with two attached hydrogens (primary N) is 1. The third-order valence-corrected chi connectivity index (χ3v) is 3.26. The summed E-state index contributed by atoms with van der Waals surface area (Å²) in [6.07, 6.45) is 0.686. The molecule has 0 aliphatic carbocycles. The summed E-state index contributed by atoms with van der Waals surface area (Å²) in [5.41, 5.74) is 6.59. The number of rotatable bonds is 8. The molecule has 0 spiro atoms. The summed E-state index contributed by atoms with van der Waals surface area (Å²) in [7, 11) is 1.58. The van der Waals surface area contributed by atoms with Crippen molar-refractivity contribution >= 4 is 17.4 Å². The van der Waals surface area contributed by atoms with Gasteiger partial charge in [-0.2, -0.15) is 0 Å². The van der Waals surface area contributed by atoms with Crippen LogP contribution in [0.1, 0.15) is 12.0 Å². The van der Waals surface area contributed by atoms with Gasteiger partial charge in [-0.25, -0.2) is 0 Å². The lowest BCUT2D eigenvalue weighted by Gasteiger charge is -2.08. The SMILES string of the molecule is COc1ccccc1/C(N)=N/OCCCOc1ccc(Cl)cc1. The van der Waals surface area contributed by atoms with Gasteiger partial charge in [0.1, 0.15) is 18.1 Å². The van der Waals surface area contributed by atoms with Crippen LogP contribution in [-0.4, -0.2) is 26.2 Å². The zero-order chi connectivity index (χ0) is 16.5. The fourth-order valence-corrected chi connectivity index (χ4v) is 1.99. The number of para-hydroxylation sites is 1. The van der Waals surface area contributed by atoms with Crippen LogP contribution in [-0.2, 0) is 4.84 Å². The van der Waals surface area contributed by atoms with E-state index >= 15 is 0 Å². The van der Waals surface area contributed by atoms with Crippen LogP contribution < -0.4 is 15.2 Å². The van der Waals surface area contributed by atoms with E-state index in [0.29, 0.717) is 36.0 Å². The van der Waals surface area contributed by atoms with Gasteiger partial charge in [-0.1, -0.05) is 28.9 Å². The van der Waals surface area contributed by atoms with Gasteiger partial charge >= 0.3 is 0 Å². The lowest BCUT2D eigenvalue weighted by atomic mass is 10.2. The number of ether oxygens (including phenoxy) is 2. The first kappa shape index (κ1) is 17.0. The van der Waals surface area contributed by atoms with Crippen LogP contribution in [0.5, 0.6) is 11.5 Å². The molecule has 6 heteroatoms. The highest BCUT2D eigenvalue weighted by Crippen LogP contribution is 2.17. The second kappa shape index (κ2) is 8.90. The number of halogens is 1. The maximum atomic E-state index is 5.89. The molecule has 0 unspecified atom stereocenters. The molecule has 0 aromatic heterocycles. The molecule has 0 aliphatic rings. The summed E-state index contributed by atoms with van der Waals surface area (Å²) in [5.74, 6) is 1.70. The Labute approximate surface area is 140 Å². The van der Waals surface area contributed by atoms with Gasteiger partial charge in [0.15, 0.2) is 5.84 Å². The summed E-state index contributed by atoms with van der Waals surface area (Å²) < 4.78 is 10.8. The first-order chi connectivity index (χ1) is 11.2. The summed E-state index contributed by atoms with van der Waals surface area (Å²) >= 11 is 5.80. The van der Waals surface area contributed by atoms with E-state index in [1.807, 2.05) is 36.4 Å². The van der Waals surface area contributed by atoms with Crippen molar-refractivity contribution in [3.05, 3.63) is 59.1 Å². The topological polar surface area (TPSA) is 66.1 Å². The van der Waals surface area contributed by atoms with Gasteiger partial charge in [0.2, 0.25) is 0 Å². The molecule has 2 aromatic rings. The van der Waals surface area contributed by atoms with Crippen LogP contribution >= 0.6 is 11.6 Å². The van der Waals surface area contributed by atoms with E-state index in [1.165, 1.54) is 0 Å². The largest absolute Gasteiger partial charge is 0.496 e. The number of methoxy groups -OCH3 is 1. The molecule has 2 rings (SSSR count). The average Bonchev–Trinajstić information content (AvgIpc) is 2.59. The third kappa shape index (κ3) is 5.38. The molecule has 0 saturated heterocycles. The molecular weight excluding hydrogens is 316 g/mol. The van der Waals surface area contributed by atoms with Crippen molar-refractivity contribution in [2.75, 3.05) is 20.3 Å². The van der Waals surface area contributed by atoms with Gasteiger partial charge in [0, 0.05) is 11.4 Å². The molecular formula is C17H19ClN2O3. The van der Waals surface area contributed by atoms with E-state index < -0.39 is 0 Å². The van der Waals surface area contributed by atoms with E-state index in [4.69, 9.17) is 31.6 Å². The number of hydrogen-bond donors (Lipinski definition) is 1. The van der Waals surface area contributed by atoms with Crippen molar-refractivity contribution in [3.63, 3.8) is 0 Å². The van der Waals surface area contributed by atoms with Crippen molar-refractivity contribution in [2.45, 2.75) is 6.42 Å². The van der Waals surface area contributed by atoms with Crippen molar-refractivity contribution in [3.8, 4) is 11.5 Å². The third-order valence-electron chi connectivity index (χ3n) is 3.01. The number of amidine groups is 1. The highest BCUT2D eigenvalue weighted by molar-refractivity contribution is 6.30. The van der Waals surface area contributed by atoms with E-state index in [2.05, 4.69) is 5.16 Å². The monoisotopic (exact) mass is 334 g/mol. The van der Waals surface area contributed by atoms with E-state index in [-0.39, 0.29) is 5.84 Å². The normalized spacial score (nSPS) is 11.1. The fourth-order valence-electron chi connectivity index (χ4n) is 1.86. The molecule has 5 nitrogen and oxygen atoms in total. The molecule has 2 N–H and O–H groups in total. The van der Waals surface area contributed by atoms with Crippen LogP contribution in [0.4, 0.5) is 0 Å². The van der Waals surface area contributed by atoms with Crippen molar-refractivity contribution in [1.82, 2.24) is 0 Å². The van der Waals surface area contributed by atoms with Crippen LogP contribution in [0.2, 0.25) is 5.02 Å². The minimum Gasteiger partial charge on any atom is -0.496 e. The Bertz CT molecular complexity index is 645. The number of nitrogens with zero attached hydrogens (tertiary/aromatic N) is 1. The Kier molecular flexibility index (Phi) is 6.56. The molecule has 0 heterocycles. The molecule has 0 saturated carbocycles. The zero-order valence-corrected chi connectivity index (χ0v) is 13.6. The standard InChI is InChI=1S/C17H19ClN2O3/c1-21-16-6-3-2-5-15(16)17(19)20-23-12-4-11-22-14-9-7-13(18)8-10-14/h2-3,5-10H,4,11-12H2,1H3,(H2,19,20). The van der Waals surface area contributed by atoms with Gasteiger partial charge < -0.3 is 20.0 Å². The van der Waals surface area contributed by atoms with Gasteiger partial charge in [-0.3, -0.25) is 0 Å². The lowest BCUT2D eigenvalue weighted by Crippen LogP contribution is -2.15. The Balaban J connectivity index is 1.72. The molecule has 2 aromatic carbocycles. The fraction of sp³-hybridized carbons (Fsp3) is 0.235. The number of benzene rings is 2. The van der Waals surface area contributed by atoms with Crippen LogP contribution in [0.3, 0.4) is 0 Å². The average molecular weight is 335 g/mol. The Morgan fingerprint density at radius 1 is 1.09 bits per heavy atom. The Morgan fingerprint density at radius 2 is 1.83 bits per heavy atom. The maximum Gasteiger partial charge on any atom is 0.174 e. The number of oxime groups is 1. The van der Waals surface area contributed by atoms with E-state index in [1.54, 1.807) is 19.2 Å². The highest BCUT2D eigenvalue weighted by Gasteiger charge is 2.06. The molecule has 0 radical (unpaired) electrons. The van der Waals surface area contributed by atoms with Crippen LogP contribution in [0, 0.1) is 0 Å². The summed E-state index contributed by atoms with van der Waals surface area (Å²) in [5, 5.41) is 4.58. The van der Waals surface area contributed by atoms with Crippen LogP contribution in [0.15, 0.2) is 53.7 Å². The predicted octanol–water partition coefficient (Wildman–Crippen LogP) is 3.45. The first-order valence-electron chi connectivity index (χ1n) is 7.18. The van der Waals surface area contributed by atoms with Gasteiger partial charge in [-0.05, 0) is 36.4 Å². The van der Waals surface area contributed by atoms with E-state index in [9.17, 15) is 0 Å². The summed E-state index contributed by atoms with van der Waals surface area (Å²) in [6, 6.07) is 14.6. The van der Waals surface area contributed by atoms with Crippen LogP contribution in [0.25, 0.3) is 0 Å². The van der Waals surface area contributed by atoms with Crippen molar-refractivity contribution < 1.29 is 14.3 Å². The Hall–Kier alpha value is -2.40. The summed E-state index contributed by atoms with van der Waals surface area (Å²) in [6.45, 7) is 0.926. The molecule has 0 amide bonds. The minimum atomic E-state index is 0.279. The van der Waals surface area contributed by atoms with Gasteiger partial charge in [-0.15, -0.1) is 0 Å². The summed E-state index contributed by atoms with van der Waals surface area (Å²) in [4.78, 5) is 5.21. The smallest absolute Gasteiger partial charge is 0.174 e. The minimum absolute atomic E-state index is 0.279. The molecule has 0 atom stereocenters. The highest BCUT2D eigenvalue weighted by atomic mass is 35.5. The predicted molar refractivity (Wildman–Crippen MR) is 91.2 cm³/mol. The Morgan fingerprint density at radius 3 is 2.57 bits per heavy atom. The lowest BCUT2D eigenvalue weighted by molar-refractivity contribution is 0.127. The molecule has 23 heavy (non-hydrogen) atoms. The van der Waals surface area contributed by atoms with E-state index in [0.717, 1.165) is 5.75 Å². The van der Waals surface area contributed by atoms with Crippen molar-refractivity contribution in [2.24, 2.45) is 10.9 Å². The van der Waals surface area contributed by atoms with Crippen molar-refractivity contribution in [1.29, 1.82) is 0 Å². The second-order valence-corrected chi connectivity index (χ2v) is 5.10. The van der Waals surface area contributed by atoms with Gasteiger partial charge in [0.05, 0.1) is 19.3 Å². The first-order valence-corrected chi connectivity index (χ1v) is 7.55. The second-order valence-electron chi connectivity index (χ2n) is 4.67. The molecule has 0 aliphatic heterocycles. The van der Waals surface area contributed by atoms with Gasteiger partial charge in [0.25, 0.3) is 0 Å². The molecule has 122 valence electrons. The number of hydrogen-bond acceptors (Lipinski definition) is 4. The maximum absolute atomic E-state index is 5.89. The molecule has 0 fully saturated rings. The molecule has 0 bridgehead atoms. The zero-order valence-electron chi connectivity index (χ0n) is 12.9. The quantitative estimate of drug-likeness (QED) is 0.347.